The molecule has 1 aliphatic rings. The zero-order chi connectivity index (χ0) is 13.1. The molecule has 0 spiro atoms. The number of nitrogens with one attached hydrogen (secondary N) is 2. The number of hydrogen-bond acceptors (Lipinski definition) is 3. The maximum absolute atomic E-state index is 11.6. The number of amides is 2. The molecule has 0 aromatic heterocycles. The van der Waals surface area contributed by atoms with Crippen molar-refractivity contribution < 1.29 is 14.3 Å². The molecule has 5 nitrogen and oxygen atoms in total. The third-order valence-corrected chi connectivity index (χ3v) is 2.63. The van der Waals surface area contributed by atoms with E-state index in [1.165, 1.54) is 0 Å². The van der Waals surface area contributed by atoms with Crippen molar-refractivity contribution in [2.75, 3.05) is 17.2 Å². The van der Waals surface area contributed by atoms with E-state index in [-0.39, 0.29) is 17.7 Å². The zero-order valence-corrected chi connectivity index (χ0v) is 10.4. The molecular formula is C13H16N2O3. The van der Waals surface area contributed by atoms with Gasteiger partial charge in [-0.15, -0.1) is 0 Å². The lowest BCUT2D eigenvalue weighted by Gasteiger charge is -2.11. The molecule has 1 aliphatic heterocycles. The highest BCUT2D eigenvalue weighted by atomic mass is 16.5. The fraction of sp³-hybridized carbons (Fsp3) is 0.385. The number of ether oxygens (including phenoxy) is 1. The van der Waals surface area contributed by atoms with Gasteiger partial charge < -0.3 is 15.4 Å². The fourth-order valence-corrected chi connectivity index (χ4v) is 1.58. The van der Waals surface area contributed by atoms with Crippen LogP contribution in [0.3, 0.4) is 0 Å². The summed E-state index contributed by atoms with van der Waals surface area (Å²) in [5.74, 6) is 0.398. The molecule has 1 aromatic rings. The van der Waals surface area contributed by atoms with Gasteiger partial charge >= 0.3 is 0 Å². The van der Waals surface area contributed by atoms with Crippen LogP contribution in [0.4, 0.5) is 11.4 Å². The Kier molecular flexibility index (Phi) is 3.50. The van der Waals surface area contributed by atoms with Crippen molar-refractivity contribution in [3.05, 3.63) is 18.2 Å². The molecule has 96 valence electrons. The van der Waals surface area contributed by atoms with E-state index in [9.17, 15) is 9.59 Å². The molecule has 2 rings (SSSR count). The van der Waals surface area contributed by atoms with Crippen LogP contribution in [0.1, 0.15) is 20.3 Å². The molecule has 0 radical (unpaired) electrons. The molecular weight excluding hydrogens is 232 g/mol. The first kappa shape index (κ1) is 12.4. The van der Waals surface area contributed by atoms with Gasteiger partial charge in [0.2, 0.25) is 11.8 Å². The predicted octanol–water partition coefficient (Wildman–Crippen LogP) is 2.00. The lowest BCUT2D eigenvalue weighted by atomic mass is 10.2. The van der Waals surface area contributed by atoms with Crippen molar-refractivity contribution >= 4 is 23.2 Å². The second-order valence-electron chi connectivity index (χ2n) is 4.50. The average molecular weight is 248 g/mol. The normalized spacial score (nSPS) is 14.3. The molecule has 1 aromatic carbocycles. The van der Waals surface area contributed by atoms with E-state index in [2.05, 4.69) is 10.6 Å². The van der Waals surface area contributed by atoms with E-state index in [0.29, 0.717) is 30.2 Å². The van der Waals surface area contributed by atoms with Gasteiger partial charge in [-0.1, -0.05) is 13.8 Å². The smallest absolute Gasteiger partial charge is 0.227 e. The van der Waals surface area contributed by atoms with Gasteiger partial charge in [0.25, 0.3) is 0 Å². The Balaban J connectivity index is 2.20. The number of hydrogen-bond donors (Lipinski definition) is 2. The largest absolute Gasteiger partial charge is 0.491 e. The molecule has 0 saturated heterocycles. The van der Waals surface area contributed by atoms with Crippen LogP contribution in [0.25, 0.3) is 0 Å². The van der Waals surface area contributed by atoms with Crippen molar-refractivity contribution in [1.82, 2.24) is 0 Å². The fourth-order valence-electron chi connectivity index (χ4n) is 1.58. The van der Waals surface area contributed by atoms with Crippen molar-refractivity contribution in [3.63, 3.8) is 0 Å². The van der Waals surface area contributed by atoms with E-state index >= 15 is 0 Å². The average Bonchev–Trinajstić information content (AvgIpc) is 2.49. The number of fused-ring (bicyclic) bond motifs is 1. The first-order chi connectivity index (χ1) is 8.56. The van der Waals surface area contributed by atoms with Crippen LogP contribution in [0.5, 0.6) is 5.75 Å². The second kappa shape index (κ2) is 5.08. The monoisotopic (exact) mass is 248 g/mol. The molecule has 1 heterocycles. The molecule has 0 bridgehead atoms. The van der Waals surface area contributed by atoms with Crippen LogP contribution in [-0.2, 0) is 9.59 Å². The molecule has 18 heavy (non-hydrogen) atoms. The molecule has 0 saturated carbocycles. The van der Waals surface area contributed by atoms with E-state index in [0.717, 1.165) is 0 Å². The van der Waals surface area contributed by atoms with Gasteiger partial charge in [-0.25, -0.2) is 0 Å². The molecule has 0 atom stereocenters. The Hall–Kier alpha value is -2.04. The van der Waals surface area contributed by atoms with Gasteiger partial charge in [0, 0.05) is 11.6 Å². The highest BCUT2D eigenvalue weighted by Crippen LogP contribution is 2.30. The first-order valence-electron chi connectivity index (χ1n) is 5.94. The Bertz CT molecular complexity index is 483. The molecule has 5 heteroatoms. The minimum absolute atomic E-state index is 0.0594. The topological polar surface area (TPSA) is 67.4 Å². The minimum atomic E-state index is -0.0883. The highest BCUT2D eigenvalue weighted by Gasteiger charge is 2.15. The van der Waals surface area contributed by atoms with Crippen molar-refractivity contribution in [3.8, 4) is 5.75 Å². The third kappa shape index (κ3) is 2.80. The van der Waals surface area contributed by atoms with Crippen LogP contribution < -0.4 is 15.4 Å². The number of carbonyl (C=O) groups excluding carboxylic acids is 2. The molecule has 0 unspecified atom stereocenters. The first-order valence-corrected chi connectivity index (χ1v) is 5.94. The Labute approximate surface area is 106 Å². The standard InChI is InChI=1S/C13H16N2O3/c1-8(2)13(17)14-9-3-4-11-10(7-9)15-12(16)5-6-18-11/h3-4,7-8H,5-6H2,1-2H3,(H,14,17)(H,15,16). The van der Waals surface area contributed by atoms with Crippen LogP contribution >= 0.6 is 0 Å². The van der Waals surface area contributed by atoms with Gasteiger partial charge in [0.15, 0.2) is 0 Å². The summed E-state index contributed by atoms with van der Waals surface area (Å²) in [5, 5.41) is 5.53. The molecule has 2 amide bonds. The highest BCUT2D eigenvalue weighted by molar-refractivity contribution is 5.96. The van der Waals surface area contributed by atoms with Crippen molar-refractivity contribution in [1.29, 1.82) is 0 Å². The van der Waals surface area contributed by atoms with Gasteiger partial charge in [-0.3, -0.25) is 9.59 Å². The van der Waals surface area contributed by atoms with E-state index < -0.39 is 0 Å². The SMILES string of the molecule is CC(C)C(=O)Nc1ccc2c(c1)NC(=O)CCO2. The minimum Gasteiger partial charge on any atom is -0.491 e. The lowest BCUT2D eigenvalue weighted by molar-refractivity contribution is -0.119. The van der Waals surface area contributed by atoms with Crippen LogP contribution in [-0.4, -0.2) is 18.4 Å². The van der Waals surface area contributed by atoms with Gasteiger partial charge in [0.05, 0.1) is 18.7 Å². The number of benzene rings is 1. The summed E-state index contributed by atoms with van der Waals surface area (Å²) in [6.07, 6.45) is 0.336. The Morgan fingerprint density at radius 3 is 2.94 bits per heavy atom. The summed E-state index contributed by atoms with van der Waals surface area (Å²) >= 11 is 0. The van der Waals surface area contributed by atoms with Gasteiger partial charge in [0.1, 0.15) is 5.75 Å². The summed E-state index contributed by atoms with van der Waals surface area (Å²) < 4.78 is 5.43. The summed E-state index contributed by atoms with van der Waals surface area (Å²) in [5.41, 5.74) is 1.25. The lowest BCUT2D eigenvalue weighted by Crippen LogP contribution is -2.18. The maximum atomic E-state index is 11.6. The van der Waals surface area contributed by atoms with E-state index in [1.807, 2.05) is 13.8 Å². The zero-order valence-electron chi connectivity index (χ0n) is 10.4. The van der Waals surface area contributed by atoms with Gasteiger partial charge in [-0.05, 0) is 18.2 Å². The van der Waals surface area contributed by atoms with Crippen LogP contribution in [0.2, 0.25) is 0 Å². The summed E-state index contributed by atoms with van der Waals surface area (Å²) in [6.45, 7) is 4.02. The summed E-state index contributed by atoms with van der Waals surface area (Å²) in [7, 11) is 0. The number of anilines is 2. The Morgan fingerprint density at radius 1 is 1.44 bits per heavy atom. The molecule has 0 fully saturated rings. The summed E-state index contributed by atoms with van der Waals surface area (Å²) in [6, 6.07) is 5.21. The predicted molar refractivity (Wildman–Crippen MR) is 68.7 cm³/mol. The van der Waals surface area contributed by atoms with Crippen molar-refractivity contribution in [2.24, 2.45) is 5.92 Å². The van der Waals surface area contributed by atoms with E-state index in [4.69, 9.17) is 4.74 Å². The molecule has 0 aliphatic carbocycles. The Morgan fingerprint density at radius 2 is 2.22 bits per heavy atom. The van der Waals surface area contributed by atoms with Crippen LogP contribution in [0, 0.1) is 5.92 Å². The van der Waals surface area contributed by atoms with E-state index in [1.54, 1.807) is 18.2 Å². The van der Waals surface area contributed by atoms with Crippen molar-refractivity contribution in [2.45, 2.75) is 20.3 Å². The summed E-state index contributed by atoms with van der Waals surface area (Å²) in [4.78, 5) is 23.0. The maximum Gasteiger partial charge on any atom is 0.227 e. The van der Waals surface area contributed by atoms with Gasteiger partial charge in [-0.2, -0.15) is 0 Å². The number of carbonyl (C=O) groups is 2. The molecule has 2 N–H and O–H groups in total. The second-order valence-corrected chi connectivity index (χ2v) is 4.50. The quantitative estimate of drug-likeness (QED) is 0.841. The van der Waals surface area contributed by atoms with Crippen LogP contribution in [0.15, 0.2) is 18.2 Å². The third-order valence-electron chi connectivity index (χ3n) is 2.63. The number of rotatable bonds is 2.